The Kier molecular flexibility index (Phi) is 9.09. The normalized spacial score (nSPS) is 11.4. The summed E-state index contributed by atoms with van der Waals surface area (Å²) in [5.74, 6) is -1.40. The summed E-state index contributed by atoms with van der Waals surface area (Å²) in [7, 11) is 0. The summed E-state index contributed by atoms with van der Waals surface area (Å²) in [5.41, 5.74) is 6.16. The van der Waals surface area contributed by atoms with Crippen molar-refractivity contribution in [2.75, 3.05) is 0 Å². The van der Waals surface area contributed by atoms with Crippen LogP contribution in [0.5, 0.6) is 0 Å². The maximum atomic E-state index is 13.1. The summed E-state index contributed by atoms with van der Waals surface area (Å²) >= 11 is 0. The van der Waals surface area contributed by atoms with E-state index in [1.807, 2.05) is 48.5 Å². The third kappa shape index (κ3) is 7.55. The first-order chi connectivity index (χ1) is 18.9. The predicted molar refractivity (Wildman–Crippen MR) is 138 cm³/mol. The molecule has 0 aliphatic rings. The highest BCUT2D eigenvalue weighted by Crippen LogP contribution is 2.24. The van der Waals surface area contributed by atoms with Gasteiger partial charge in [0.25, 0.3) is 12.4 Å². The largest absolute Gasteiger partial charge is 0.463 e. The lowest BCUT2D eigenvalue weighted by atomic mass is 9.98. The lowest BCUT2D eigenvalue weighted by molar-refractivity contribution is -0.130. The molecule has 0 aliphatic carbocycles. The van der Waals surface area contributed by atoms with Gasteiger partial charge in [0.05, 0.1) is 25.2 Å². The molecule has 0 unspecified atom stereocenters. The van der Waals surface area contributed by atoms with Gasteiger partial charge in [-0.25, -0.2) is 14.6 Å². The summed E-state index contributed by atoms with van der Waals surface area (Å²) in [5, 5.41) is 20.0. The molecule has 200 valence electrons. The molecule has 2 amide bonds. The summed E-state index contributed by atoms with van der Waals surface area (Å²) in [6.45, 7) is 0.692. The van der Waals surface area contributed by atoms with Crippen LogP contribution in [0.25, 0.3) is 11.1 Å². The number of hydrogen-bond donors (Lipinski definition) is 3. The van der Waals surface area contributed by atoms with E-state index >= 15 is 0 Å². The summed E-state index contributed by atoms with van der Waals surface area (Å²) < 4.78 is 19.4. The van der Waals surface area contributed by atoms with Crippen LogP contribution in [0.2, 0.25) is 0 Å². The van der Waals surface area contributed by atoms with Gasteiger partial charge < -0.3 is 10.1 Å². The van der Waals surface area contributed by atoms with Crippen LogP contribution in [-0.2, 0) is 33.9 Å². The molecule has 11 heteroatoms. The van der Waals surface area contributed by atoms with E-state index in [4.69, 9.17) is 9.94 Å². The Labute approximate surface area is 223 Å². The zero-order valence-electron chi connectivity index (χ0n) is 20.8. The number of benzene rings is 3. The number of nitrogens with one attached hydrogen (secondary N) is 2. The quantitative estimate of drug-likeness (QED) is 0.145. The number of hydroxylamine groups is 1. The highest BCUT2D eigenvalue weighted by atomic mass is 19.1. The fraction of sp³-hybridized carbons (Fsp3) is 0.179. The van der Waals surface area contributed by atoms with E-state index in [0.717, 1.165) is 22.3 Å². The molecule has 0 bridgehead atoms. The van der Waals surface area contributed by atoms with Crippen LogP contribution in [0.4, 0.5) is 4.39 Å². The van der Waals surface area contributed by atoms with Crippen molar-refractivity contribution in [2.24, 2.45) is 0 Å². The Morgan fingerprint density at radius 1 is 1.03 bits per heavy atom. The molecule has 39 heavy (non-hydrogen) atoms. The minimum Gasteiger partial charge on any atom is -0.463 e. The van der Waals surface area contributed by atoms with Crippen LogP contribution in [0.3, 0.4) is 0 Å². The molecule has 3 N–H and O–H groups in total. The molecule has 0 saturated carbocycles. The smallest absolute Gasteiger partial charge is 0.293 e. The first-order valence-electron chi connectivity index (χ1n) is 12.1. The maximum absolute atomic E-state index is 13.1. The van der Waals surface area contributed by atoms with E-state index in [1.165, 1.54) is 28.9 Å². The Balaban J connectivity index is 1.43. The first-order valence-corrected chi connectivity index (χ1v) is 12.1. The maximum Gasteiger partial charge on any atom is 0.293 e. The van der Waals surface area contributed by atoms with E-state index in [1.54, 1.807) is 11.7 Å². The third-order valence-electron chi connectivity index (χ3n) is 6.02. The van der Waals surface area contributed by atoms with Gasteiger partial charge in [-0.05, 0) is 59.0 Å². The van der Waals surface area contributed by atoms with Gasteiger partial charge in [-0.2, -0.15) is 0 Å². The van der Waals surface area contributed by atoms with Crippen LogP contribution >= 0.6 is 0 Å². The lowest BCUT2D eigenvalue weighted by Crippen LogP contribution is -2.25. The second kappa shape index (κ2) is 13.1. The number of nitrogens with zero attached hydrogens (tertiary/aromatic N) is 3. The van der Waals surface area contributed by atoms with Crippen molar-refractivity contribution in [2.45, 2.75) is 32.0 Å². The van der Waals surface area contributed by atoms with Crippen LogP contribution < -0.4 is 10.8 Å². The van der Waals surface area contributed by atoms with Gasteiger partial charge in [0.1, 0.15) is 18.1 Å². The number of carbonyl (C=O) groups is 3. The van der Waals surface area contributed by atoms with Crippen molar-refractivity contribution in [1.29, 1.82) is 0 Å². The van der Waals surface area contributed by atoms with Gasteiger partial charge in [-0.3, -0.25) is 19.6 Å². The number of aromatic nitrogens is 3. The van der Waals surface area contributed by atoms with E-state index in [0.29, 0.717) is 24.2 Å². The van der Waals surface area contributed by atoms with Crippen LogP contribution in [0.1, 0.15) is 39.6 Å². The second-order valence-corrected chi connectivity index (χ2v) is 8.78. The van der Waals surface area contributed by atoms with E-state index in [9.17, 15) is 18.8 Å². The number of amides is 2. The summed E-state index contributed by atoms with van der Waals surface area (Å²) in [4.78, 5) is 34.8. The fourth-order valence-corrected chi connectivity index (χ4v) is 4.04. The minimum absolute atomic E-state index is 0.0538. The average molecular weight is 532 g/mol. The number of rotatable bonds is 12. The van der Waals surface area contributed by atoms with Gasteiger partial charge in [0.2, 0.25) is 5.91 Å². The molecule has 10 nitrogen and oxygen atoms in total. The van der Waals surface area contributed by atoms with Crippen molar-refractivity contribution in [1.82, 2.24) is 25.8 Å². The molecule has 3 aromatic carbocycles. The van der Waals surface area contributed by atoms with E-state index < -0.39 is 17.8 Å². The molecule has 1 aromatic heterocycles. The van der Waals surface area contributed by atoms with Crippen molar-refractivity contribution >= 4 is 18.3 Å². The summed E-state index contributed by atoms with van der Waals surface area (Å²) in [6, 6.07) is 20.2. The number of hydrogen-bond acceptors (Lipinski definition) is 7. The first kappa shape index (κ1) is 27.1. The van der Waals surface area contributed by atoms with Crippen molar-refractivity contribution in [3.8, 4) is 11.1 Å². The van der Waals surface area contributed by atoms with Gasteiger partial charge in [0, 0.05) is 5.56 Å². The molecule has 4 aromatic rings. The number of carbonyl (C=O) groups excluding carboxylic acids is 3. The van der Waals surface area contributed by atoms with Gasteiger partial charge in [-0.15, -0.1) is 5.10 Å². The van der Waals surface area contributed by atoms with E-state index in [2.05, 4.69) is 15.6 Å². The zero-order chi connectivity index (χ0) is 27.6. The van der Waals surface area contributed by atoms with Gasteiger partial charge in [-0.1, -0.05) is 47.7 Å². The highest BCUT2D eigenvalue weighted by Gasteiger charge is 2.19. The molecule has 1 heterocycles. The molecule has 0 saturated heterocycles. The molecule has 4 rings (SSSR count). The fourth-order valence-electron chi connectivity index (χ4n) is 4.04. The van der Waals surface area contributed by atoms with Crippen molar-refractivity contribution in [3.63, 3.8) is 0 Å². The Morgan fingerprint density at radius 2 is 1.79 bits per heavy atom. The number of halogens is 1. The second-order valence-electron chi connectivity index (χ2n) is 8.78. The third-order valence-corrected chi connectivity index (χ3v) is 6.02. The topological polar surface area (TPSA) is 135 Å². The Hall–Kier alpha value is -4.90. The van der Waals surface area contributed by atoms with Crippen LogP contribution in [-0.4, -0.2) is 38.5 Å². The Morgan fingerprint density at radius 3 is 2.51 bits per heavy atom. The molecule has 1 atom stereocenters. The highest BCUT2D eigenvalue weighted by molar-refractivity contribution is 5.94. The minimum atomic E-state index is -0.576. The average Bonchev–Trinajstić information content (AvgIpc) is 3.44. The van der Waals surface area contributed by atoms with Gasteiger partial charge >= 0.3 is 0 Å². The van der Waals surface area contributed by atoms with Crippen molar-refractivity contribution in [3.05, 3.63) is 107 Å². The monoisotopic (exact) mass is 531 g/mol. The molecule has 0 radical (unpaired) electrons. The molecule has 0 spiro atoms. The van der Waals surface area contributed by atoms with Crippen molar-refractivity contribution < 1.29 is 28.7 Å². The SMILES string of the molecule is O=COCc1cccc(-c2ccc(C[C@H](CC(=O)NO)n3cc(CNC(=O)c4ccc(F)cc4)nn3)cc2)c1. The molecule has 0 fully saturated rings. The van der Waals surface area contributed by atoms with Crippen LogP contribution in [0, 0.1) is 5.82 Å². The Bertz CT molecular complexity index is 1420. The molecular weight excluding hydrogens is 505 g/mol. The predicted octanol–water partition coefficient (Wildman–Crippen LogP) is 3.37. The van der Waals surface area contributed by atoms with E-state index in [-0.39, 0.29) is 25.5 Å². The molecular formula is C28H26FN5O5. The standard InChI is InChI=1S/C28H26FN5O5/c29-24-10-8-22(9-11-24)28(37)30-15-25-16-34(33-31-25)26(14-27(36)32-38)13-19-4-6-21(7-5-19)23-3-1-2-20(12-23)17-39-18-35/h1-12,16,18,26,38H,13-15,17H2,(H,30,37)(H,32,36)/t26-/m1/s1. The lowest BCUT2D eigenvalue weighted by Gasteiger charge is -2.16. The number of ether oxygens (including phenoxy) is 1. The van der Waals surface area contributed by atoms with Crippen LogP contribution in [0.15, 0.2) is 79.0 Å². The van der Waals surface area contributed by atoms with Gasteiger partial charge in [0.15, 0.2) is 0 Å². The molecule has 0 aliphatic heterocycles. The zero-order valence-corrected chi connectivity index (χ0v) is 20.8. The summed E-state index contributed by atoms with van der Waals surface area (Å²) in [6.07, 6.45) is 1.99.